The molecule has 2 aromatic heterocycles. The van der Waals surface area contributed by atoms with E-state index in [1.165, 1.54) is 11.5 Å². The van der Waals surface area contributed by atoms with Gasteiger partial charge in [-0.3, -0.25) is 10.2 Å². The van der Waals surface area contributed by atoms with Gasteiger partial charge in [0.1, 0.15) is 5.82 Å². The fourth-order valence-corrected chi connectivity index (χ4v) is 3.09. The summed E-state index contributed by atoms with van der Waals surface area (Å²) in [5, 5.41) is 4.37. The highest BCUT2D eigenvalue weighted by Crippen LogP contribution is 2.28. The summed E-state index contributed by atoms with van der Waals surface area (Å²) in [4.78, 5) is 18.4. The number of aromatic nitrogens is 3. The molecule has 1 aromatic carbocycles. The van der Waals surface area contributed by atoms with Gasteiger partial charge in [0.15, 0.2) is 0 Å². The van der Waals surface area contributed by atoms with Crippen molar-refractivity contribution in [1.29, 1.82) is 0 Å². The van der Waals surface area contributed by atoms with Crippen LogP contribution in [0.4, 0.5) is 15.6 Å². The Hall–Kier alpha value is -2.41. The molecule has 3 rings (SSSR count). The van der Waals surface area contributed by atoms with E-state index in [0.717, 1.165) is 22.4 Å². The van der Waals surface area contributed by atoms with Crippen molar-refractivity contribution in [2.45, 2.75) is 19.8 Å². The number of nitrogens with zero attached hydrogens (tertiary/aromatic N) is 4. The van der Waals surface area contributed by atoms with Crippen LogP contribution in [0.3, 0.4) is 0 Å². The molecule has 0 aliphatic carbocycles. The number of aryl methyl sites for hydroxylation is 1. The number of rotatable bonds is 3. The van der Waals surface area contributed by atoms with Gasteiger partial charge in [-0.15, -0.1) is 0 Å². The van der Waals surface area contributed by atoms with Gasteiger partial charge in [0, 0.05) is 48.6 Å². The summed E-state index contributed by atoms with van der Waals surface area (Å²) in [6.07, 6.45) is 1.95. The average Bonchev–Trinajstić information content (AvgIpc) is 3.12. The molecule has 0 aliphatic heterocycles. The van der Waals surface area contributed by atoms with Gasteiger partial charge in [-0.1, -0.05) is 32.0 Å². The number of fused-ring (bicyclic) bond motifs is 1. The highest BCUT2D eigenvalue weighted by atomic mass is 32.1. The molecule has 0 radical (unpaired) electrons. The second-order valence-corrected chi connectivity index (χ2v) is 6.50. The Bertz CT molecular complexity index is 851. The zero-order valence-corrected chi connectivity index (χ0v) is 14.4. The smallest absolute Gasteiger partial charge is 0.327 e. The lowest BCUT2D eigenvalue weighted by atomic mass is 10.2. The fraction of sp³-hybridized carbons (Fsp3) is 0.312. The van der Waals surface area contributed by atoms with E-state index >= 15 is 0 Å². The molecular formula is C16H19N5OS. The number of carbonyl (C=O) groups excluding carboxylic acids is 1. The first-order valence-corrected chi connectivity index (χ1v) is 8.17. The van der Waals surface area contributed by atoms with Gasteiger partial charge < -0.3 is 4.57 Å². The second kappa shape index (κ2) is 6.00. The Morgan fingerprint density at radius 2 is 2.09 bits per heavy atom. The van der Waals surface area contributed by atoms with Crippen LogP contribution in [0.2, 0.25) is 0 Å². The summed E-state index contributed by atoms with van der Waals surface area (Å²) >= 11 is 1.20. The first-order valence-electron chi connectivity index (χ1n) is 7.39. The number of hydrogen-bond acceptors (Lipinski definition) is 4. The monoisotopic (exact) mass is 329 g/mol. The van der Waals surface area contributed by atoms with Crippen LogP contribution in [-0.4, -0.2) is 27.0 Å². The molecular weight excluding hydrogens is 310 g/mol. The van der Waals surface area contributed by atoms with Crippen molar-refractivity contribution >= 4 is 39.3 Å². The molecule has 7 heteroatoms. The van der Waals surface area contributed by atoms with Crippen LogP contribution in [0.25, 0.3) is 10.9 Å². The zero-order chi connectivity index (χ0) is 16.6. The highest BCUT2D eigenvalue weighted by molar-refractivity contribution is 7.09. The lowest BCUT2D eigenvalue weighted by Gasteiger charge is -2.15. The lowest BCUT2D eigenvalue weighted by molar-refractivity contribution is 0.258. The minimum Gasteiger partial charge on any atom is -0.348 e. The number of nitrogens with one attached hydrogen (secondary N) is 1. The zero-order valence-electron chi connectivity index (χ0n) is 13.6. The lowest BCUT2D eigenvalue weighted by Crippen LogP contribution is -2.31. The van der Waals surface area contributed by atoms with E-state index in [1.54, 1.807) is 11.9 Å². The van der Waals surface area contributed by atoms with Crippen molar-refractivity contribution < 1.29 is 4.79 Å². The average molecular weight is 329 g/mol. The number of carbonyl (C=O) groups is 1. The molecule has 0 aliphatic rings. The van der Waals surface area contributed by atoms with Crippen LogP contribution >= 0.6 is 11.5 Å². The Labute approximate surface area is 138 Å². The molecule has 2 amide bonds. The van der Waals surface area contributed by atoms with Crippen molar-refractivity contribution in [3.8, 4) is 0 Å². The number of anilines is 2. The number of amides is 2. The maximum absolute atomic E-state index is 12.5. The summed E-state index contributed by atoms with van der Waals surface area (Å²) in [5.41, 5.74) is 1.94. The number of para-hydroxylation sites is 1. The van der Waals surface area contributed by atoms with E-state index in [4.69, 9.17) is 0 Å². The van der Waals surface area contributed by atoms with Crippen LogP contribution in [0.5, 0.6) is 0 Å². The van der Waals surface area contributed by atoms with Crippen molar-refractivity contribution in [3.63, 3.8) is 0 Å². The van der Waals surface area contributed by atoms with Crippen LogP contribution in [0.15, 0.2) is 30.5 Å². The molecule has 2 heterocycles. The third-order valence-electron chi connectivity index (χ3n) is 3.71. The number of hydrogen-bond donors (Lipinski definition) is 1. The Morgan fingerprint density at radius 1 is 1.35 bits per heavy atom. The van der Waals surface area contributed by atoms with E-state index < -0.39 is 0 Å². The van der Waals surface area contributed by atoms with Crippen molar-refractivity contribution in [2.75, 3.05) is 17.3 Å². The molecule has 23 heavy (non-hydrogen) atoms. The first kappa shape index (κ1) is 15.5. The molecule has 0 spiro atoms. The number of benzene rings is 1. The molecule has 0 fully saturated rings. The van der Waals surface area contributed by atoms with E-state index in [-0.39, 0.29) is 11.9 Å². The van der Waals surface area contributed by atoms with Crippen LogP contribution < -0.4 is 10.2 Å². The van der Waals surface area contributed by atoms with E-state index in [2.05, 4.69) is 14.7 Å². The quantitative estimate of drug-likeness (QED) is 0.794. The number of urea groups is 1. The molecule has 0 bridgehead atoms. The van der Waals surface area contributed by atoms with Crippen LogP contribution in [0, 0.1) is 0 Å². The van der Waals surface area contributed by atoms with Gasteiger partial charge in [0.25, 0.3) is 0 Å². The SMILES string of the molecule is CC(C)c1nsc(NC(=O)N(C)c2cn(C)c3ccccc23)n1. The molecule has 0 atom stereocenters. The van der Waals surface area contributed by atoms with Crippen LogP contribution in [-0.2, 0) is 7.05 Å². The van der Waals surface area contributed by atoms with Gasteiger partial charge in [-0.2, -0.15) is 4.37 Å². The molecule has 3 aromatic rings. The van der Waals surface area contributed by atoms with E-state index in [9.17, 15) is 4.79 Å². The first-order chi connectivity index (χ1) is 11.0. The summed E-state index contributed by atoms with van der Waals surface area (Å²) in [6, 6.07) is 7.77. The molecule has 0 saturated heterocycles. The maximum atomic E-state index is 12.5. The third-order valence-corrected chi connectivity index (χ3v) is 4.36. The molecule has 1 N–H and O–H groups in total. The Kier molecular flexibility index (Phi) is 4.04. The summed E-state index contributed by atoms with van der Waals surface area (Å²) in [6.45, 7) is 4.05. The predicted molar refractivity (Wildman–Crippen MR) is 94.3 cm³/mol. The minimum atomic E-state index is -0.229. The maximum Gasteiger partial charge on any atom is 0.327 e. The standard InChI is InChI=1S/C16H19N5OS/c1-10(2)14-17-15(23-19-14)18-16(22)21(4)13-9-20(3)12-8-6-5-7-11(12)13/h5-10H,1-4H3,(H,17,18,19,22). The topological polar surface area (TPSA) is 63.1 Å². The Balaban J connectivity index is 1.83. The van der Waals surface area contributed by atoms with Gasteiger partial charge in [0.05, 0.1) is 5.69 Å². The van der Waals surface area contributed by atoms with Crippen LogP contribution in [0.1, 0.15) is 25.6 Å². The largest absolute Gasteiger partial charge is 0.348 e. The van der Waals surface area contributed by atoms with Gasteiger partial charge >= 0.3 is 6.03 Å². The van der Waals surface area contributed by atoms with Gasteiger partial charge in [-0.25, -0.2) is 9.78 Å². The van der Waals surface area contributed by atoms with Crippen molar-refractivity contribution in [3.05, 3.63) is 36.3 Å². The second-order valence-electron chi connectivity index (χ2n) is 5.74. The van der Waals surface area contributed by atoms with Crippen molar-refractivity contribution in [2.24, 2.45) is 7.05 Å². The van der Waals surface area contributed by atoms with E-state index in [0.29, 0.717) is 5.13 Å². The summed E-state index contributed by atoms with van der Waals surface area (Å²) < 4.78 is 6.26. The molecule has 0 unspecified atom stereocenters. The fourth-order valence-electron chi connectivity index (χ4n) is 2.39. The molecule has 6 nitrogen and oxygen atoms in total. The third kappa shape index (κ3) is 2.92. The van der Waals surface area contributed by atoms with Crippen molar-refractivity contribution in [1.82, 2.24) is 13.9 Å². The molecule has 120 valence electrons. The molecule has 0 saturated carbocycles. The minimum absolute atomic E-state index is 0.229. The highest BCUT2D eigenvalue weighted by Gasteiger charge is 2.18. The summed E-state index contributed by atoms with van der Waals surface area (Å²) in [7, 11) is 3.72. The predicted octanol–water partition coefficient (Wildman–Crippen LogP) is 3.82. The normalized spacial score (nSPS) is 11.2. The van der Waals surface area contributed by atoms with Gasteiger partial charge in [0.2, 0.25) is 5.13 Å². The van der Waals surface area contributed by atoms with E-state index in [1.807, 2.05) is 55.9 Å². The van der Waals surface area contributed by atoms with Gasteiger partial charge in [-0.05, 0) is 6.07 Å². The summed E-state index contributed by atoms with van der Waals surface area (Å²) in [5.74, 6) is 0.991. The Morgan fingerprint density at radius 3 is 2.78 bits per heavy atom.